The van der Waals surface area contributed by atoms with E-state index in [0.717, 1.165) is 24.8 Å². The molecule has 120 valence electrons. The minimum absolute atomic E-state index is 0.0489. The number of para-hydroxylation sites is 2. The summed E-state index contributed by atoms with van der Waals surface area (Å²) < 4.78 is 10.9. The average Bonchev–Trinajstić information content (AvgIpc) is 2.95. The van der Waals surface area contributed by atoms with Crippen molar-refractivity contribution >= 4 is 22.9 Å². The van der Waals surface area contributed by atoms with E-state index >= 15 is 0 Å². The molecular weight excluding hydrogens is 294 g/mol. The van der Waals surface area contributed by atoms with Gasteiger partial charge >= 0.3 is 5.97 Å². The molecule has 5 nitrogen and oxygen atoms in total. The molecule has 1 aromatic carbocycles. The maximum atomic E-state index is 12.3. The van der Waals surface area contributed by atoms with E-state index < -0.39 is 0 Å². The van der Waals surface area contributed by atoms with Crippen LogP contribution in [0, 0.1) is 17.8 Å². The van der Waals surface area contributed by atoms with Crippen LogP contribution < -0.4 is 0 Å². The molecule has 3 atom stereocenters. The van der Waals surface area contributed by atoms with Gasteiger partial charge in [0.15, 0.2) is 12.2 Å². The number of hydrogen-bond acceptors (Lipinski definition) is 5. The Morgan fingerprint density at radius 1 is 1.22 bits per heavy atom. The number of carbonyl (C=O) groups excluding carboxylic acids is 2. The molecule has 0 radical (unpaired) electrons. The number of fused-ring (bicyclic) bond motifs is 3. The quantitative estimate of drug-likeness (QED) is 0.813. The van der Waals surface area contributed by atoms with E-state index in [1.807, 2.05) is 24.3 Å². The van der Waals surface area contributed by atoms with Gasteiger partial charge in [0.05, 0.1) is 5.92 Å². The first-order valence-corrected chi connectivity index (χ1v) is 8.25. The lowest BCUT2D eigenvalue weighted by atomic mass is 9.67. The van der Waals surface area contributed by atoms with E-state index in [-0.39, 0.29) is 30.3 Å². The van der Waals surface area contributed by atoms with Gasteiger partial charge in [-0.05, 0) is 37.8 Å². The van der Waals surface area contributed by atoms with Crippen molar-refractivity contribution in [3.63, 3.8) is 0 Å². The first-order valence-electron chi connectivity index (χ1n) is 8.25. The molecule has 2 fully saturated rings. The van der Waals surface area contributed by atoms with Crippen LogP contribution in [0.15, 0.2) is 28.7 Å². The molecule has 2 aliphatic rings. The first kappa shape index (κ1) is 14.4. The molecule has 4 rings (SSSR count). The van der Waals surface area contributed by atoms with E-state index in [1.165, 1.54) is 0 Å². The second-order valence-corrected chi connectivity index (χ2v) is 6.58. The number of hydrogen-bond donors (Lipinski definition) is 0. The minimum Gasteiger partial charge on any atom is -0.455 e. The summed E-state index contributed by atoms with van der Waals surface area (Å²) in [6.45, 7) is 0.0489. The van der Waals surface area contributed by atoms with Crippen LogP contribution in [-0.2, 0) is 20.9 Å². The summed E-state index contributed by atoms with van der Waals surface area (Å²) in [6, 6.07) is 7.46. The molecular formula is C18H19NO4. The van der Waals surface area contributed by atoms with Crippen LogP contribution in [0.5, 0.6) is 0 Å². The third-order valence-electron chi connectivity index (χ3n) is 5.06. The molecule has 1 aromatic heterocycles. The van der Waals surface area contributed by atoms with Gasteiger partial charge in [-0.2, -0.15) is 0 Å². The van der Waals surface area contributed by atoms with Crippen LogP contribution in [-0.4, -0.2) is 16.7 Å². The molecule has 23 heavy (non-hydrogen) atoms. The number of Topliss-reactive ketones (excluding diaryl/α,β-unsaturated/α-hetero) is 1. The Balaban J connectivity index is 1.39. The van der Waals surface area contributed by atoms with Crippen molar-refractivity contribution in [2.24, 2.45) is 17.8 Å². The number of oxazole rings is 1. The van der Waals surface area contributed by atoms with Crippen molar-refractivity contribution in [3.8, 4) is 0 Å². The fourth-order valence-electron chi connectivity index (χ4n) is 3.90. The van der Waals surface area contributed by atoms with Crippen LogP contribution in [0.25, 0.3) is 11.1 Å². The Bertz CT molecular complexity index is 701. The van der Waals surface area contributed by atoms with Crippen molar-refractivity contribution in [2.45, 2.75) is 38.7 Å². The number of aromatic nitrogens is 1. The van der Waals surface area contributed by atoms with Gasteiger partial charge in [0.2, 0.25) is 5.89 Å². The summed E-state index contributed by atoms with van der Waals surface area (Å²) in [5.41, 5.74) is 1.45. The Hall–Kier alpha value is -2.17. The van der Waals surface area contributed by atoms with Gasteiger partial charge in [0.1, 0.15) is 11.3 Å². The van der Waals surface area contributed by atoms with Gasteiger partial charge < -0.3 is 9.15 Å². The topological polar surface area (TPSA) is 69.4 Å². The van der Waals surface area contributed by atoms with E-state index in [0.29, 0.717) is 30.1 Å². The van der Waals surface area contributed by atoms with Crippen molar-refractivity contribution in [1.29, 1.82) is 0 Å². The maximum Gasteiger partial charge on any atom is 0.309 e. The van der Waals surface area contributed by atoms with Crippen molar-refractivity contribution in [3.05, 3.63) is 30.2 Å². The third kappa shape index (κ3) is 2.76. The highest BCUT2D eigenvalue weighted by atomic mass is 16.5. The summed E-state index contributed by atoms with van der Waals surface area (Å²) in [6.07, 6.45) is 4.23. The van der Waals surface area contributed by atoms with Gasteiger partial charge in [-0.15, -0.1) is 0 Å². The minimum atomic E-state index is -0.225. The zero-order chi connectivity index (χ0) is 15.8. The maximum absolute atomic E-state index is 12.3. The Labute approximate surface area is 134 Å². The molecule has 2 aliphatic carbocycles. The fourth-order valence-corrected chi connectivity index (χ4v) is 3.90. The van der Waals surface area contributed by atoms with Crippen molar-refractivity contribution in [2.75, 3.05) is 0 Å². The fraction of sp³-hybridized carbons (Fsp3) is 0.500. The lowest BCUT2D eigenvalue weighted by molar-refractivity contribution is -0.155. The number of nitrogens with zero attached hydrogens (tertiary/aromatic N) is 1. The lowest BCUT2D eigenvalue weighted by Gasteiger charge is -2.36. The Morgan fingerprint density at radius 2 is 1.96 bits per heavy atom. The van der Waals surface area contributed by atoms with Crippen molar-refractivity contribution < 1.29 is 18.7 Å². The zero-order valence-electron chi connectivity index (χ0n) is 12.9. The second kappa shape index (κ2) is 5.80. The SMILES string of the molecule is O=C(OCc1nc2ccccc2o1)C1C[C@H]2CCC[C@@H](C1)C2=O. The highest BCUT2D eigenvalue weighted by molar-refractivity contribution is 5.87. The molecule has 2 saturated carbocycles. The number of ether oxygens (including phenoxy) is 1. The predicted octanol–water partition coefficient (Wildman–Crippen LogP) is 3.27. The summed E-state index contributed by atoms with van der Waals surface area (Å²) in [5.74, 6) is 0.503. The summed E-state index contributed by atoms with van der Waals surface area (Å²) in [7, 11) is 0. The molecule has 5 heteroatoms. The van der Waals surface area contributed by atoms with Gasteiger partial charge in [-0.3, -0.25) is 9.59 Å². The molecule has 2 aromatic rings. The summed E-state index contributed by atoms with van der Waals surface area (Å²) >= 11 is 0. The monoisotopic (exact) mass is 313 g/mol. The number of ketones is 1. The number of esters is 1. The molecule has 0 amide bonds. The van der Waals surface area contributed by atoms with Crippen molar-refractivity contribution in [1.82, 2.24) is 4.98 Å². The normalized spacial score (nSPS) is 27.1. The molecule has 0 saturated heterocycles. The molecule has 1 unspecified atom stereocenters. The van der Waals surface area contributed by atoms with Crippen LogP contribution in [0.4, 0.5) is 0 Å². The predicted molar refractivity (Wildman–Crippen MR) is 82.4 cm³/mol. The van der Waals surface area contributed by atoms with Crippen LogP contribution in [0.2, 0.25) is 0 Å². The van der Waals surface area contributed by atoms with Gasteiger partial charge in [0, 0.05) is 11.8 Å². The number of rotatable bonds is 3. The standard InChI is InChI=1S/C18H19NO4/c20-17-11-4-3-5-12(17)9-13(8-11)18(21)22-10-16-19-14-6-1-2-7-15(14)23-16/h1-2,6-7,11-13H,3-5,8-10H2/t11-,12+,13?. The molecule has 1 heterocycles. The van der Waals surface area contributed by atoms with Crippen LogP contribution in [0.1, 0.15) is 38.0 Å². The highest BCUT2D eigenvalue weighted by Crippen LogP contribution is 2.40. The van der Waals surface area contributed by atoms with E-state index in [2.05, 4.69) is 4.98 Å². The summed E-state index contributed by atoms with van der Waals surface area (Å²) in [5, 5.41) is 0. The molecule has 0 N–H and O–H groups in total. The zero-order valence-corrected chi connectivity index (χ0v) is 12.9. The molecule has 2 bridgehead atoms. The largest absolute Gasteiger partial charge is 0.455 e. The van der Waals surface area contributed by atoms with E-state index in [9.17, 15) is 9.59 Å². The number of benzene rings is 1. The summed E-state index contributed by atoms with van der Waals surface area (Å²) in [4.78, 5) is 28.7. The Kier molecular flexibility index (Phi) is 3.63. The first-order chi connectivity index (χ1) is 11.2. The highest BCUT2D eigenvalue weighted by Gasteiger charge is 2.41. The van der Waals surface area contributed by atoms with Gasteiger partial charge in [0.25, 0.3) is 0 Å². The Morgan fingerprint density at radius 3 is 2.70 bits per heavy atom. The smallest absolute Gasteiger partial charge is 0.309 e. The van der Waals surface area contributed by atoms with Gasteiger partial charge in [-0.25, -0.2) is 4.98 Å². The second-order valence-electron chi connectivity index (χ2n) is 6.58. The van der Waals surface area contributed by atoms with Crippen LogP contribution >= 0.6 is 0 Å². The molecule has 0 aliphatic heterocycles. The molecule has 0 spiro atoms. The average molecular weight is 313 g/mol. The van der Waals surface area contributed by atoms with E-state index in [4.69, 9.17) is 9.15 Å². The van der Waals surface area contributed by atoms with Gasteiger partial charge in [-0.1, -0.05) is 18.6 Å². The van der Waals surface area contributed by atoms with Crippen LogP contribution in [0.3, 0.4) is 0 Å². The third-order valence-corrected chi connectivity index (χ3v) is 5.06. The van der Waals surface area contributed by atoms with E-state index in [1.54, 1.807) is 0 Å². The lowest BCUT2D eigenvalue weighted by Crippen LogP contribution is -2.39. The number of carbonyl (C=O) groups is 2.